The Morgan fingerprint density at radius 1 is 0.440 bits per heavy atom. The smallest absolute Gasteiger partial charge is 0.870 e. The van der Waals surface area contributed by atoms with E-state index in [-0.39, 0.29) is 60.6 Å². The summed E-state index contributed by atoms with van der Waals surface area (Å²) in [7, 11) is 0. The number of nitrogens with two attached hydrogens (primary N) is 1. The second kappa shape index (κ2) is 40.8. The molecule has 0 aromatic carbocycles. The van der Waals surface area contributed by atoms with E-state index in [1.165, 1.54) is 6.20 Å². The molecule has 125 heavy (non-hydrogen) atoms. The predicted octanol–water partition coefficient (Wildman–Crippen LogP) is 10.8. The zero-order valence-electron chi connectivity index (χ0n) is 73.6. The number of rotatable bonds is 12. The second-order valence-electron chi connectivity index (χ2n) is 34.0. The molecule has 4 aliphatic rings. The van der Waals surface area contributed by atoms with Gasteiger partial charge in [0.2, 0.25) is 0 Å². The van der Waals surface area contributed by atoms with Crippen LogP contribution < -0.4 is 54.8 Å². The van der Waals surface area contributed by atoms with Crippen LogP contribution in [0.25, 0.3) is 64.9 Å². The van der Waals surface area contributed by atoms with Crippen molar-refractivity contribution in [1.29, 1.82) is 0 Å². The van der Waals surface area contributed by atoms with Crippen LogP contribution in [0.15, 0.2) is 120 Å². The van der Waals surface area contributed by atoms with Crippen molar-refractivity contribution in [2.45, 2.75) is 139 Å². The standard InChI is InChI=1S/C24H32N6O4S.C22H27N5O4S.C20H23N5O4S.C14H16N6S.C4H10O.Li.H2O/c1-23(2,3)33-21(31)27-18-15-30-16(17-8-7-13-35-17)14-25-19(20(30)26-18)28-9-11-29(12-10-28)22(32)34-24(4,5)6;1-5-30-20(28)15-14-27-16(17-7-6-12-32-17)13-23-18(19(27)24-15)25-8-10-26(11-9-25)21(29)31-22(2,3)4;1-20(2,3)29-19(28)24-8-6-23(7-9-24)16-17-22-13(18(26)27)12-25(17)14(11-21-16)15-5-4-10-30-15;15-12-9-20-10(11-2-1-7-21-11)8-17-13(14(20)18-12)19-5-3-16-4-6-19;1-4(2,3)5;;/h7-8,13-15H,9-12H2,1-6H3,(H,27,31);6-7,12-14H,5,8-11H2,1-4H3;4-5,10-12H,6-9H2,1-3H3,(H,26,27);1-2,7-9,16H,3-6,15H2;5H,1-3H3;;1H2/q;;;;;+1;/p-1. The first-order valence-corrected chi connectivity index (χ1v) is 43.9. The van der Waals surface area contributed by atoms with Gasteiger partial charge in [0.15, 0.2) is 63.1 Å². The number of thiophene rings is 4. The van der Waals surface area contributed by atoms with Gasteiger partial charge in [-0.25, -0.2) is 68.6 Å². The minimum Gasteiger partial charge on any atom is -0.870 e. The third-order valence-corrected chi connectivity index (χ3v) is 22.0. The third kappa shape index (κ3) is 25.3. The fraction of sp³-hybridized carbons (Fsp3) is 0.452. The number of hydrogen-bond acceptors (Lipinski definition) is 31. The van der Waals surface area contributed by atoms with Gasteiger partial charge in [0.25, 0.3) is 0 Å². The summed E-state index contributed by atoms with van der Waals surface area (Å²) in [6.45, 7) is 39.7. The van der Waals surface area contributed by atoms with Gasteiger partial charge in [-0.2, -0.15) is 0 Å². The first-order valence-electron chi connectivity index (χ1n) is 40.4. The Labute approximate surface area is 752 Å². The van der Waals surface area contributed by atoms with Crippen LogP contribution >= 0.6 is 45.3 Å². The molecule has 4 amide bonds. The van der Waals surface area contributed by atoms with Crippen LogP contribution in [-0.2, 0) is 23.7 Å². The Morgan fingerprint density at radius 3 is 1.06 bits per heavy atom. The van der Waals surface area contributed by atoms with Crippen LogP contribution in [0, 0.1) is 0 Å². The van der Waals surface area contributed by atoms with E-state index < -0.39 is 46.0 Å². The molecule has 16 rings (SSSR count). The SMILES string of the molecule is CC(C)(C)O.CC(C)(C)OC(=O)N1CCN(c2ncc(-c3cccs3)n3cc(C(=O)O)nc23)CC1.CC(C)(C)OC(=O)Nc1cn2c(-c3cccs3)cnc(N3CCN(C(=O)OC(C)(C)C)CC3)c2n1.CCOC(=O)c1cn2c(-c3cccs3)cnc(N3CCN(C(=O)OC(C)(C)C)CC3)c2n1.Nc1cn2c(-c3cccs3)cnc(N3CCNCC3)c2n1.[Li+].[OH-]. The number of nitrogens with one attached hydrogen (secondary N) is 2. The minimum atomic E-state index is -1.09. The molecule has 12 aromatic heterocycles. The Bertz CT molecular complexity index is 5610. The first kappa shape index (κ1) is 96.0. The number of anilines is 6. The molecule has 0 spiro atoms. The summed E-state index contributed by atoms with van der Waals surface area (Å²) in [6.07, 6.45) is 12.6. The van der Waals surface area contributed by atoms with Crippen molar-refractivity contribution in [3.8, 4) is 42.3 Å². The van der Waals surface area contributed by atoms with Gasteiger partial charge in [-0.05, 0) is 157 Å². The fourth-order valence-electron chi connectivity index (χ4n) is 13.2. The molecule has 0 unspecified atom stereocenters. The Kier molecular flexibility index (Phi) is 31.4. The number of piperazine rings is 4. The summed E-state index contributed by atoms with van der Waals surface area (Å²) >= 11 is 6.43. The van der Waals surface area contributed by atoms with Gasteiger partial charge in [0.1, 0.15) is 28.2 Å². The summed E-state index contributed by atoms with van der Waals surface area (Å²) in [4.78, 5) is 128. The van der Waals surface area contributed by atoms with Gasteiger partial charge in [-0.3, -0.25) is 22.9 Å². The Morgan fingerprint density at radius 2 is 0.744 bits per heavy atom. The molecule has 36 nitrogen and oxygen atoms in total. The van der Waals surface area contributed by atoms with E-state index in [0.717, 1.165) is 79.9 Å². The molecular weight excluding hydrogens is 1680 g/mol. The Hall–Kier alpha value is -11.2. The number of ether oxygens (including phenoxy) is 5. The molecule has 12 aromatic rings. The van der Waals surface area contributed by atoms with Crippen LogP contribution in [0.3, 0.4) is 0 Å². The monoisotopic (exact) mass is 1780 g/mol. The number of esters is 1. The van der Waals surface area contributed by atoms with Gasteiger partial charge in [0.05, 0.1) is 91.7 Å². The second-order valence-corrected chi connectivity index (χ2v) is 37.8. The quantitative estimate of drug-likeness (QED) is 0.0431. The van der Waals surface area contributed by atoms with Crippen LogP contribution in [0.2, 0.25) is 0 Å². The molecule has 4 saturated heterocycles. The van der Waals surface area contributed by atoms with Crippen molar-refractivity contribution in [3.05, 3.63) is 131 Å². The van der Waals surface area contributed by atoms with E-state index in [9.17, 15) is 33.9 Å². The van der Waals surface area contributed by atoms with Crippen LogP contribution in [0.4, 0.5) is 54.1 Å². The van der Waals surface area contributed by atoms with Gasteiger partial charge in [-0.1, -0.05) is 24.3 Å². The number of carboxylic acid groups (broad SMARTS) is 1. The normalized spacial score (nSPS) is 14.6. The van der Waals surface area contributed by atoms with Crippen LogP contribution in [-0.4, -0.2) is 264 Å². The molecule has 7 N–H and O–H groups in total. The maximum atomic E-state index is 12.5. The van der Waals surface area contributed by atoms with Crippen molar-refractivity contribution in [2.24, 2.45) is 0 Å². The van der Waals surface area contributed by atoms with E-state index in [0.29, 0.717) is 125 Å². The van der Waals surface area contributed by atoms with Gasteiger partial charge >= 0.3 is 55.2 Å². The summed E-state index contributed by atoms with van der Waals surface area (Å²) in [6, 6.07) is 16.0. The van der Waals surface area contributed by atoms with Gasteiger partial charge < -0.3 is 84.7 Å². The fourth-order valence-corrected chi connectivity index (χ4v) is 16.2. The molecular formula is C84H109LiN22O14S4. The molecule has 41 heteroatoms. The number of aliphatic hydroxyl groups is 1. The molecule has 0 saturated carbocycles. The third-order valence-electron chi connectivity index (χ3n) is 18.5. The minimum absolute atomic E-state index is 0. The first-order chi connectivity index (χ1) is 58.2. The number of nitrogens with zero attached hydrogens (tertiary/aromatic N) is 19. The largest absolute Gasteiger partial charge is 1.00 e. The molecule has 664 valence electrons. The van der Waals surface area contributed by atoms with Crippen molar-refractivity contribution >= 4 is 139 Å². The number of amides is 4. The van der Waals surface area contributed by atoms with Crippen molar-refractivity contribution in [2.75, 3.05) is 142 Å². The number of carbonyl (C=O) groups is 6. The number of carboxylic acids is 1. The summed E-state index contributed by atoms with van der Waals surface area (Å²) in [5.74, 6) is 2.22. The number of fused-ring (bicyclic) bond motifs is 4. The van der Waals surface area contributed by atoms with Crippen LogP contribution in [0.5, 0.6) is 0 Å². The maximum Gasteiger partial charge on any atom is 1.00 e. The molecule has 0 bridgehead atoms. The zero-order chi connectivity index (χ0) is 88.5. The number of aromatic carboxylic acids is 1. The van der Waals surface area contributed by atoms with Crippen LogP contribution in [0.1, 0.15) is 132 Å². The molecule has 4 fully saturated rings. The zero-order valence-corrected chi connectivity index (χ0v) is 76.9. The van der Waals surface area contributed by atoms with Crippen molar-refractivity contribution in [1.82, 2.24) is 77.5 Å². The van der Waals surface area contributed by atoms with E-state index >= 15 is 0 Å². The van der Waals surface area contributed by atoms with Gasteiger partial charge in [0, 0.05) is 117 Å². The predicted molar refractivity (Wildman–Crippen MR) is 481 cm³/mol. The topological polar surface area (TPSA) is 413 Å². The van der Waals surface area contributed by atoms with E-state index in [1.807, 2.05) is 178 Å². The number of aromatic nitrogens is 12. The van der Waals surface area contributed by atoms with Crippen molar-refractivity contribution in [3.63, 3.8) is 0 Å². The molecule has 0 radical (unpaired) electrons. The molecule has 0 atom stereocenters. The number of imidazole rings is 4. The van der Waals surface area contributed by atoms with Gasteiger partial charge in [-0.15, -0.1) is 45.3 Å². The summed E-state index contributed by atoms with van der Waals surface area (Å²) < 4.78 is 34.6. The van der Waals surface area contributed by atoms with E-state index in [1.54, 1.807) is 117 Å². The van der Waals surface area contributed by atoms with E-state index in [4.69, 9.17) is 44.5 Å². The molecule has 4 aliphatic heterocycles. The Balaban J connectivity index is 0.000000172. The average molecular weight is 1790 g/mol. The number of carbonyl (C=O) groups excluding carboxylic acids is 5. The molecule has 16 heterocycles. The summed E-state index contributed by atoms with van der Waals surface area (Å²) in [5, 5.41) is 32.0. The number of hydrogen-bond donors (Lipinski definition) is 5. The summed E-state index contributed by atoms with van der Waals surface area (Å²) in [5.41, 5.74) is 9.49. The van der Waals surface area contributed by atoms with E-state index in [2.05, 4.69) is 66.7 Å². The molecule has 0 aliphatic carbocycles. The maximum absolute atomic E-state index is 12.5. The van der Waals surface area contributed by atoms with Crippen molar-refractivity contribution < 1.29 is 87.0 Å². The average Bonchev–Trinajstić information content (AvgIpc) is 1.65. The number of nitrogen functional groups attached to an aromatic ring is 1.